The smallest absolute Gasteiger partial charge is 0.254 e. The Morgan fingerprint density at radius 2 is 2.09 bits per heavy atom. The van der Waals surface area contributed by atoms with Crippen LogP contribution in [0.2, 0.25) is 0 Å². The fourth-order valence-electron chi connectivity index (χ4n) is 0.635. The van der Waals surface area contributed by atoms with Crippen LogP contribution in [0.15, 0.2) is 22.8 Å². The van der Waals surface area contributed by atoms with Gasteiger partial charge in [-0.15, -0.1) is 0 Å². The van der Waals surface area contributed by atoms with Gasteiger partial charge in [0.1, 0.15) is 5.69 Å². The van der Waals surface area contributed by atoms with Gasteiger partial charge in [0, 0.05) is 17.6 Å². The molecule has 0 aliphatic carbocycles. The summed E-state index contributed by atoms with van der Waals surface area (Å²) in [6.45, 7) is 0.823. The second-order valence-corrected chi connectivity index (χ2v) is 3.17. The minimum Gasteiger partial charge on any atom is -0.254 e. The molecule has 0 radical (unpaired) electrons. The van der Waals surface area contributed by atoms with Crippen molar-refractivity contribution in [3.05, 3.63) is 28.5 Å². The first-order valence-electron chi connectivity index (χ1n) is 3.00. The van der Waals surface area contributed by atoms with Crippen LogP contribution in [0.5, 0.6) is 0 Å². The molecule has 0 saturated heterocycles. The van der Waals surface area contributed by atoms with Crippen LogP contribution >= 0.6 is 15.9 Å². The maximum absolute atomic E-state index is 12.5. The van der Waals surface area contributed by atoms with E-state index < -0.39 is 5.92 Å². The van der Waals surface area contributed by atoms with Gasteiger partial charge in [-0.25, -0.2) is 0 Å². The Kier molecular flexibility index (Phi) is 2.23. The topological polar surface area (TPSA) is 12.9 Å². The lowest BCUT2D eigenvalue weighted by Crippen LogP contribution is -2.08. The van der Waals surface area contributed by atoms with E-state index in [4.69, 9.17) is 0 Å². The molecule has 1 heterocycles. The lowest BCUT2D eigenvalue weighted by Gasteiger charge is -2.07. The third-order valence-electron chi connectivity index (χ3n) is 1.18. The average Bonchev–Trinajstić information content (AvgIpc) is 1.86. The van der Waals surface area contributed by atoms with E-state index in [1.54, 1.807) is 6.07 Å². The number of nitrogens with zero attached hydrogens (tertiary/aromatic N) is 1. The van der Waals surface area contributed by atoms with Crippen molar-refractivity contribution in [3.8, 4) is 0 Å². The predicted octanol–water partition coefficient (Wildman–Crippen LogP) is 2.96. The molecule has 0 saturated carbocycles. The Morgan fingerprint density at radius 1 is 1.45 bits per heavy atom. The molecular weight excluding hydrogens is 216 g/mol. The molecule has 0 spiro atoms. The summed E-state index contributed by atoms with van der Waals surface area (Å²) in [5, 5.41) is 0. The van der Waals surface area contributed by atoms with E-state index >= 15 is 0 Å². The third-order valence-corrected chi connectivity index (χ3v) is 1.65. The van der Waals surface area contributed by atoms with Gasteiger partial charge in [0.05, 0.1) is 0 Å². The third kappa shape index (κ3) is 2.22. The van der Waals surface area contributed by atoms with E-state index in [9.17, 15) is 8.78 Å². The maximum Gasteiger partial charge on any atom is 0.286 e. The molecule has 0 aliphatic rings. The summed E-state index contributed by atoms with van der Waals surface area (Å²) in [5.74, 6) is -2.85. The first kappa shape index (κ1) is 8.59. The second kappa shape index (κ2) is 2.85. The van der Waals surface area contributed by atoms with Crippen LogP contribution in [0.4, 0.5) is 8.78 Å². The van der Waals surface area contributed by atoms with Crippen molar-refractivity contribution >= 4 is 15.9 Å². The predicted molar refractivity (Wildman–Crippen MR) is 41.5 cm³/mol. The van der Waals surface area contributed by atoms with Crippen LogP contribution in [-0.4, -0.2) is 4.98 Å². The van der Waals surface area contributed by atoms with Crippen LogP contribution in [0.25, 0.3) is 0 Å². The SMILES string of the molecule is CC(F)(F)c1ccc(Br)cn1. The monoisotopic (exact) mass is 221 g/mol. The number of alkyl halides is 2. The molecule has 0 atom stereocenters. The minimum absolute atomic E-state index is 0.208. The molecule has 0 aliphatic heterocycles. The molecule has 4 heteroatoms. The van der Waals surface area contributed by atoms with E-state index in [-0.39, 0.29) is 5.69 Å². The molecule has 0 unspecified atom stereocenters. The minimum atomic E-state index is -2.85. The highest BCUT2D eigenvalue weighted by molar-refractivity contribution is 9.10. The maximum atomic E-state index is 12.5. The van der Waals surface area contributed by atoms with Crippen molar-refractivity contribution in [2.45, 2.75) is 12.8 Å². The molecule has 0 fully saturated rings. The number of rotatable bonds is 1. The zero-order valence-electron chi connectivity index (χ0n) is 5.81. The molecule has 1 aromatic heterocycles. The van der Waals surface area contributed by atoms with Crippen molar-refractivity contribution in [2.24, 2.45) is 0 Å². The average molecular weight is 222 g/mol. The van der Waals surface area contributed by atoms with E-state index in [0.29, 0.717) is 4.47 Å². The molecule has 11 heavy (non-hydrogen) atoms. The largest absolute Gasteiger partial charge is 0.286 e. The lowest BCUT2D eigenvalue weighted by molar-refractivity contribution is 0.0127. The van der Waals surface area contributed by atoms with Gasteiger partial charge < -0.3 is 0 Å². The van der Waals surface area contributed by atoms with Crippen LogP contribution in [0.1, 0.15) is 12.6 Å². The fourth-order valence-corrected chi connectivity index (χ4v) is 0.870. The van der Waals surface area contributed by atoms with Gasteiger partial charge in [0.25, 0.3) is 5.92 Å². The number of hydrogen-bond donors (Lipinski definition) is 0. The molecule has 1 nitrogen and oxygen atoms in total. The van der Waals surface area contributed by atoms with Gasteiger partial charge in [0.15, 0.2) is 0 Å². The highest BCUT2D eigenvalue weighted by Crippen LogP contribution is 2.25. The molecule has 0 N–H and O–H groups in total. The van der Waals surface area contributed by atoms with Gasteiger partial charge in [-0.1, -0.05) is 0 Å². The van der Waals surface area contributed by atoms with E-state index in [1.807, 2.05) is 0 Å². The zero-order chi connectivity index (χ0) is 8.48. The Balaban J connectivity index is 2.99. The Bertz CT molecular complexity index is 240. The quantitative estimate of drug-likeness (QED) is 0.711. The van der Waals surface area contributed by atoms with E-state index in [0.717, 1.165) is 6.92 Å². The number of pyridine rings is 1. The van der Waals surface area contributed by atoms with Crippen LogP contribution in [0, 0.1) is 0 Å². The second-order valence-electron chi connectivity index (χ2n) is 2.25. The van der Waals surface area contributed by atoms with Gasteiger partial charge in [-0.2, -0.15) is 8.78 Å². The number of halogens is 3. The summed E-state index contributed by atoms with van der Waals surface area (Å²) < 4.78 is 25.7. The highest BCUT2D eigenvalue weighted by Gasteiger charge is 2.25. The number of hydrogen-bond acceptors (Lipinski definition) is 1. The van der Waals surface area contributed by atoms with Gasteiger partial charge in [-0.05, 0) is 28.1 Å². The summed E-state index contributed by atoms with van der Waals surface area (Å²) >= 11 is 3.10. The Morgan fingerprint density at radius 3 is 2.45 bits per heavy atom. The van der Waals surface area contributed by atoms with Gasteiger partial charge in [0.2, 0.25) is 0 Å². The lowest BCUT2D eigenvalue weighted by atomic mass is 10.2. The van der Waals surface area contributed by atoms with Crippen LogP contribution < -0.4 is 0 Å². The van der Waals surface area contributed by atoms with E-state index in [2.05, 4.69) is 20.9 Å². The first-order chi connectivity index (χ1) is 5.00. The summed E-state index contributed by atoms with van der Waals surface area (Å²) in [4.78, 5) is 3.55. The Hall–Kier alpha value is -0.510. The van der Waals surface area contributed by atoms with Crippen molar-refractivity contribution < 1.29 is 8.78 Å². The molecule has 60 valence electrons. The summed E-state index contributed by atoms with van der Waals surface area (Å²) in [5.41, 5.74) is -0.208. The van der Waals surface area contributed by atoms with E-state index in [1.165, 1.54) is 12.3 Å². The summed E-state index contributed by atoms with van der Waals surface area (Å²) in [6.07, 6.45) is 1.35. The molecule has 1 rings (SSSR count). The van der Waals surface area contributed by atoms with Crippen molar-refractivity contribution in [2.75, 3.05) is 0 Å². The molecule has 0 aromatic carbocycles. The normalized spacial score (nSPS) is 11.6. The Labute approximate surface area is 71.6 Å². The number of aromatic nitrogens is 1. The summed E-state index contributed by atoms with van der Waals surface area (Å²) in [6, 6.07) is 2.84. The fraction of sp³-hybridized carbons (Fsp3) is 0.286. The van der Waals surface area contributed by atoms with Gasteiger partial charge >= 0.3 is 0 Å². The molecular formula is C7H6BrF2N. The standard InChI is InChI=1S/C7H6BrF2N/c1-7(9,10)6-3-2-5(8)4-11-6/h2-4H,1H3. The highest BCUT2D eigenvalue weighted by atomic mass is 79.9. The van der Waals surface area contributed by atoms with Crippen LogP contribution in [-0.2, 0) is 5.92 Å². The molecule has 0 amide bonds. The molecule has 1 aromatic rings. The first-order valence-corrected chi connectivity index (χ1v) is 3.79. The van der Waals surface area contributed by atoms with Crippen LogP contribution in [0.3, 0.4) is 0 Å². The van der Waals surface area contributed by atoms with Crippen molar-refractivity contribution in [3.63, 3.8) is 0 Å². The van der Waals surface area contributed by atoms with Gasteiger partial charge in [-0.3, -0.25) is 4.98 Å². The van der Waals surface area contributed by atoms with Crippen molar-refractivity contribution in [1.29, 1.82) is 0 Å². The molecule has 0 bridgehead atoms. The summed E-state index contributed by atoms with van der Waals surface area (Å²) in [7, 11) is 0. The van der Waals surface area contributed by atoms with Crippen molar-refractivity contribution in [1.82, 2.24) is 4.98 Å². The zero-order valence-corrected chi connectivity index (χ0v) is 7.40.